The molecule has 2 nitrogen and oxygen atoms in total. The molecule has 0 amide bonds. The maximum absolute atomic E-state index is 10.8. The van der Waals surface area contributed by atoms with Crippen molar-refractivity contribution in [3.8, 4) is 0 Å². The van der Waals surface area contributed by atoms with Gasteiger partial charge in [-0.1, -0.05) is 54.4 Å². The standard InChI is InChI=1S/C30H56O2/c1-9-15-27(5,31)16-13-21(3)25(10-2)29(7)17-14-26-24(22(29)4)12-11-23-20-28(6,32)18-19-30(23,26)8/h21-26,31-32H,9-20H2,1-8H3/t21-,22+,23-,24+,25-,26+,27+,28+,29+,30+/m1/s1. The van der Waals surface area contributed by atoms with Crippen molar-refractivity contribution < 1.29 is 10.2 Å². The molecule has 3 fully saturated rings. The lowest BCUT2D eigenvalue weighted by Crippen LogP contribution is -2.56. The number of fused-ring (bicyclic) bond motifs is 3. The summed E-state index contributed by atoms with van der Waals surface area (Å²) >= 11 is 0. The molecule has 0 aliphatic heterocycles. The van der Waals surface area contributed by atoms with E-state index >= 15 is 0 Å². The van der Waals surface area contributed by atoms with E-state index < -0.39 is 11.2 Å². The van der Waals surface area contributed by atoms with Crippen LogP contribution in [0.25, 0.3) is 0 Å². The molecule has 0 aromatic heterocycles. The molecule has 0 unspecified atom stereocenters. The van der Waals surface area contributed by atoms with Gasteiger partial charge in [0.05, 0.1) is 11.2 Å². The van der Waals surface area contributed by atoms with Crippen LogP contribution in [-0.2, 0) is 0 Å². The Morgan fingerprint density at radius 3 is 2.31 bits per heavy atom. The van der Waals surface area contributed by atoms with Gasteiger partial charge in [0.1, 0.15) is 0 Å². The molecule has 3 aliphatic carbocycles. The number of aliphatic hydroxyl groups is 2. The predicted molar refractivity (Wildman–Crippen MR) is 137 cm³/mol. The van der Waals surface area contributed by atoms with Crippen molar-refractivity contribution in [3.63, 3.8) is 0 Å². The Morgan fingerprint density at radius 1 is 1.00 bits per heavy atom. The monoisotopic (exact) mass is 448 g/mol. The molecule has 0 radical (unpaired) electrons. The summed E-state index contributed by atoms with van der Waals surface area (Å²) < 4.78 is 0. The van der Waals surface area contributed by atoms with Gasteiger partial charge in [-0.15, -0.1) is 0 Å². The number of rotatable bonds is 8. The molecule has 2 heteroatoms. The van der Waals surface area contributed by atoms with Crippen LogP contribution in [0, 0.1) is 46.3 Å². The van der Waals surface area contributed by atoms with E-state index in [-0.39, 0.29) is 0 Å². The summed E-state index contributed by atoms with van der Waals surface area (Å²) in [4.78, 5) is 0. The van der Waals surface area contributed by atoms with E-state index in [2.05, 4.69) is 48.5 Å². The van der Waals surface area contributed by atoms with E-state index in [1.807, 2.05) is 6.92 Å². The van der Waals surface area contributed by atoms with E-state index in [1.54, 1.807) is 0 Å². The Balaban J connectivity index is 1.73. The second kappa shape index (κ2) is 9.52. The average molecular weight is 449 g/mol. The molecular weight excluding hydrogens is 392 g/mol. The van der Waals surface area contributed by atoms with Gasteiger partial charge >= 0.3 is 0 Å². The average Bonchev–Trinajstić information content (AvgIpc) is 2.70. The second-order valence-corrected chi connectivity index (χ2v) is 13.9. The Kier molecular flexibility index (Phi) is 7.89. The third kappa shape index (κ3) is 4.98. The Morgan fingerprint density at radius 2 is 1.69 bits per heavy atom. The summed E-state index contributed by atoms with van der Waals surface area (Å²) in [6.45, 7) is 19.0. The Labute approximate surface area is 200 Å². The van der Waals surface area contributed by atoms with Crippen molar-refractivity contribution in [2.24, 2.45) is 46.3 Å². The van der Waals surface area contributed by atoms with Crippen molar-refractivity contribution >= 4 is 0 Å². The zero-order valence-corrected chi connectivity index (χ0v) is 22.8. The van der Waals surface area contributed by atoms with E-state index in [1.165, 1.54) is 38.5 Å². The predicted octanol–water partition coefficient (Wildman–Crippen LogP) is 8.00. The molecule has 0 spiro atoms. The van der Waals surface area contributed by atoms with Gasteiger partial charge in [-0.05, 0) is 124 Å². The molecule has 3 aliphatic rings. The first-order chi connectivity index (χ1) is 14.8. The van der Waals surface area contributed by atoms with Gasteiger partial charge in [-0.2, -0.15) is 0 Å². The molecule has 32 heavy (non-hydrogen) atoms. The highest BCUT2D eigenvalue weighted by atomic mass is 16.3. The van der Waals surface area contributed by atoms with Gasteiger partial charge in [0.2, 0.25) is 0 Å². The molecule has 0 saturated heterocycles. The van der Waals surface area contributed by atoms with Gasteiger partial charge in [0, 0.05) is 0 Å². The summed E-state index contributed by atoms with van der Waals surface area (Å²) in [7, 11) is 0. The Hall–Kier alpha value is -0.0800. The highest BCUT2D eigenvalue weighted by molar-refractivity contribution is 5.07. The molecule has 0 aromatic rings. The van der Waals surface area contributed by atoms with Gasteiger partial charge in [-0.3, -0.25) is 0 Å². The normalized spacial score (nSPS) is 45.9. The summed E-state index contributed by atoms with van der Waals surface area (Å²) in [6.07, 6.45) is 14.0. The van der Waals surface area contributed by atoms with Crippen molar-refractivity contribution in [2.45, 2.75) is 144 Å². The summed E-state index contributed by atoms with van der Waals surface area (Å²) in [6, 6.07) is 0. The molecular formula is C30H56O2. The topological polar surface area (TPSA) is 40.5 Å². The van der Waals surface area contributed by atoms with Crippen LogP contribution in [0.15, 0.2) is 0 Å². The summed E-state index contributed by atoms with van der Waals surface area (Å²) in [5.41, 5.74) is -0.0869. The van der Waals surface area contributed by atoms with E-state index in [9.17, 15) is 10.2 Å². The van der Waals surface area contributed by atoms with Gasteiger partial charge in [0.15, 0.2) is 0 Å². The van der Waals surface area contributed by atoms with Crippen LogP contribution >= 0.6 is 0 Å². The van der Waals surface area contributed by atoms with Gasteiger partial charge < -0.3 is 10.2 Å². The minimum atomic E-state index is -0.499. The second-order valence-electron chi connectivity index (χ2n) is 13.9. The molecule has 3 saturated carbocycles. The van der Waals surface area contributed by atoms with Crippen molar-refractivity contribution in [2.75, 3.05) is 0 Å². The maximum atomic E-state index is 10.8. The zero-order valence-electron chi connectivity index (χ0n) is 22.8. The fourth-order valence-electron chi connectivity index (χ4n) is 9.38. The minimum Gasteiger partial charge on any atom is -0.390 e. The van der Waals surface area contributed by atoms with E-state index in [0.717, 1.165) is 62.2 Å². The van der Waals surface area contributed by atoms with Gasteiger partial charge in [0.25, 0.3) is 0 Å². The lowest BCUT2D eigenvalue weighted by molar-refractivity contribution is -0.156. The molecule has 2 N–H and O–H groups in total. The summed E-state index contributed by atoms with van der Waals surface area (Å²) in [5, 5.41) is 21.5. The minimum absolute atomic E-state index is 0.412. The van der Waals surface area contributed by atoms with Crippen molar-refractivity contribution in [1.82, 2.24) is 0 Å². The fraction of sp³-hybridized carbons (Fsp3) is 1.00. The highest BCUT2D eigenvalue weighted by Gasteiger charge is 2.58. The summed E-state index contributed by atoms with van der Waals surface area (Å²) in [5.74, 6) is 4.59. The first kappa shape index (κ1) is 26.5. The van der Waals surface area contributed by atoms with Crippen LogP contribution < -0.4 is 0 Å². The molecule has 0 heterocycles. The number of hydrogen-bond acceptors (Lipinski definition) is 2. The number of hydrogen-bond donors (Lipinski definition) is 2. The molecule has 0 aromatic carbocycles. The third-order valence-electron chi connectivity index (χ3n) is 11.6. The lowest BCUT2D eigenvalue weighted by atomic mass is 9.42. The van der Waals surface area contributed by atoms with E-state index in [0.29, 0.717) is 22.7 Å². The largest absolute Gasteiger partial charge is 0.390 e. The van der Waals surface area contributed by atoms with Crippen molar-refractivity contribution in [3.05, 3.63) is 0 Å². The van der Waals surface area contributed by atoms with Crippen LogP contribution in [0.3, 0.4) is 0 Å². The quantitative estimate of drug-likeness (QED) is 0.395. The highest BCUT2D eigenvalue weighted by Crippen LogP contribution is 2.65. The molecule has 10 atom stereocenters. The van der Waals surface area contributed by atoms with E-state index in [4.69, 9.17) is 0 Å². The lowest BCUT2D eigenvalue weighted by Gasteiger charge is -2.63. The molecule has 188 valence electrons. The van der Waals surface area contributed by atoms with Crippen LogP contribution in [0.2, 0.25) is 0 Å². The first-order valence-electron chi connectivity index (χ1n) is 14.2. The fourth-order valence-corrected chi connectivity index (χ4v) is 9.38. The molecule has 3 rings (SSSR count). The van der Waals surface area contributed by atoms with Crippen LogP contribution in [0.5, 0.6) is 0 Å². The van der Waals surface area contributed by atoms with Crippen LogP contribution in [-0.4, -0.2) is 21.4 Å². The van der Waals surface area contributed by atoms with Crippen LogP contribution in [0.1, 0.15) is 132 Å². The third-order valence-corrected chi connectivity index (χ3v) is 11.6. The van der Waals surface area contributed by atoms with Gasteiger partial charge in [-0.25, -0.2) is 0 Å². The Bertz CT molecular complexity index is 624. The maximum Gasteiger partial charge on any atom is 0.0622 e. The smallest absolute Gasteiger partial charge is 0.0622 e. The van der Waals surface area contributed by atoms with Crippen molar-refractivity contribution in [1.29, 1.82) is 0 Å². The first-order valence-corrected chi connectivity index (χ1v) is 14.2. The zero-order chi connectivity index (χ0) is 23.9. The SMILES string of the molecule is CCC[C@](C)(O)CC[C@@H](C)[C@@H](CC)[C@@]1(C)CC[C@H]2[C@@H](CC[C@@H]3C[C@@](C)(O)CC[C@@]32C)[C@@H]1C. The molecule has 0 bridgehead atoms. The van der Waals surface area contributed by atoms with Crippen LogP contribution in [0.4, 0.5) is 0 Å².